The third kappa shape index (κ3) is 3.44. The van der Waals surface area contributed by atoms with Crippen molar-refractivity contribution in [1.82, 2.24) is 14.5 Å². The lowest BCUT2D eigenvalue weighted by atomic mass is 10.2. The summed E-state index contributed by atoms with van der Waals surface area (Å²) in [6, 6.07) is 6.86. The standard InChI is InChI=1S/C14H15N3O4/c1-16(2)12(18)8-21-13(19)7-17-9-15-11-6-4-3-5-10(11)14(17)20/h3-6,9H,7-8H2,1-2H3. The van der Waals surface area contributed by atoms with Crippen LogP contribution in [0.2, 0.25) is 0 Å². The van der Waals surface area contributed by atoms with E-state index in [4.69, 9.17) is 4.74 Å². The van der Waals surface area contributed by atoms with Gasteiger partial charge in [0.05, 0.1) is 17.2 Å². The maximum absolute atomic E-state index is 12.2. The molecule has 0 fully saturated rings. The molecule has 1 heterocycles. The molecule has 0 unspecified atom stereocenters. The van der Waals surface area contributed by atoms with Crippen molar-refractivity contribution in [2.24, 2.45) is 0 Å². The van der Waals surface area contributed by atoms with E-state index in [9.17, 15) is 14.4 Å². The van der Waals surface area contributed by atoms with Gasteiger partial charge in [0.15, 0.2) is 6.61 Å². The van der Waals surface area contributed by atoms with Gasteiger partial charge in [0, 0.05) is 14.1 Å². The highest BCUT2D eigenvalue weighted by molar-refractivity contribution is 5.80. The van der Waals surface area contributed by atoms with Crippen molar-refractivity contribution in [3.05, 3.63) is 40.9 Å². The fourth-order valence-electron chi connectivity index (χ4n) is 1.67. The fourth-order valence-corrected chi connectivity index (χ4v) is 1.67. The Bertz CT molecular complexity index is 736. The molecule has 2 aromatic rings. The maximum Gasteiger partial charge on any atom is 0.326 e. The van der Waals surface area contributed by atoms with Crippen LogP contribution in [0.1, 0.15) is 0 Å². The highest BCUT2D eigenvalue weighted by atomic mass is 16.5. The van der Waals surface area contributed by atoms with Crippen LogP contribution in [0.4, 0.5) is 0 Å². The zero-order chi connectivity index (χ0) is 15.4. The molecule has 1 aromatic carbocycles. The number of amides is 1. The second-order valence-corrected chi connectivity index (χ2v) is 4.64. The molecule has 0 saturated carbocycles. The summed E-state index contributed by atoms with van der Waals surface area (Å²) in [6.07, 6.45) is 1.29. The molecular weight excluding hydrogens is 274 g/mol. The van der Waals surface area contributed by atoms with E-state index >= 15 is 0 Å². The predicted octanol–water partition coefficient (Wildman–Crippen LogP) is 0.0279. The van der Waals surface area contributed by atoms with Gasteiger partial charge in [-0.25, -0.2) is 4.98 Å². The first-order valence-corrected chi connectivity index (χ1v) is 6.29. The lowest BCUT2D eigenvalue weighted by Gasteiger charge is -2.11. The minimum atomic E-state index is -0.663. The van der Waals surface area contributed by atoms with Gasteiger partial charge in [-0.3, -0.25) is 19.0 Å². The average molecular weight is 289 g/mol. The summed E-state index contributed by atoms with van der Waals surface area (Å²) in [5.41, 5.74) is 0.242. The predicted molar refractivity (Wildman–Crippen MR) is 75.7 cm³/mol. The Kier molecular flexibility index (Phi) is 4.32. The lowest BCUT2D eigenvalue weighted by Crippen LogP contribution is -2.30. The zero-order valence-electron chi connectivity index (χ0n) is 11.8. The molecular formula is C14H15N3O4. The number of esters is 1. The number of benzene rings is 1. The number of carbonyl (C=O) groups excluding carboxylic acids is 2. The molecule has 0 spiro atoms. The fraction of sp³-hybridized carbons (Fsp3) is 0.286. The SMILES string of the molecule is CN(C)C(=O)COC(=O)Cn1cnc2ccccc2c1=O. The zero-order valence-corrected chi connectivity index (χ0v) is 11.8. The van der Waals surface area contributed by atoms with Crippen LogP contribution in [0.3, 0.4) is 0 Å². The number of rotatable bonds is 4. The number of fused-ring (bicyclic) bond motifs is 1. The molecule has 0 aliphatic rings. The monoisotopic (exact) mass is 289 g/mol. The number of ether oxygens (including phenoxy) is 1. The van der Waals surface area contributed by atoms with E-state index < -0.39 is 5.97 Å². The Morgan fingerprint density at radius 1 is 1.29 bits per heavy atom. The highest BCUT2D eigenvalue weighted by Gasteiger charge is 2.11. The molecule has 0 aliphatic carbocycles. The van der Waals surface area contributed by atoms with E-state index in [1.54, 1.807) is 38.4 Å². The summed E-state index contributed by atoms with van der Waals surface area (Å²) < 4.78 is 5.98. The number of para-hydroxylation sites is 1. The van der Waals surface area contributed by atoms with Crippen molar-refractivity contribution >= 4 is 22.8 Å². The quantitative estimate of drug-likeness (QED) is 0.742. The van der Waals surface area contributed by atoms with Crippen molar-refractivity contribution in [1.29, 1.82) is 0 Å². The van der Waals surface area contributed by atoms with E-state index in [0.717, 1.165) is 4.57 Å². The number of hydrogen-bond acceptors (Lipinski definition) is 5. The average Bonchev–Trinajstić information content (AvgIpc) is 2.48. The minimum absolute atomic E-state index is 0.280. The number of carbonyl (C=O) groups is 2. The van der Waals surface area contributed by atoms with Gasteiger partial charge in [0.25, 0.3) is 11.5 Å². The topological polar surface area (TPSA) is 81.5 Å². The van der Waals surface area contributed by atoms with Crippen molar-refractivity contribution in [2.75, 3.05) is 20.7 Å². The lowest BCUT2D eigenvalue weighted by molar-refractivity contribution is -0.151. The number of hydrogen-bond donors (Lipinski definition) is 0. The van der Waals surface area contributed by atoms with Gasteiger partial charge >= 0.3 is 5.97 Å². The molecule has 110 valence electrons. The Hall–Kier alpha value is -2.70. The van der Waals surface area contributed by atoms with E-state index in [-0.39, 0.29) is 24.6 Å². The maximum atomic E-state index is 12.2. The first-order chi connectivity index (χ1) is 9.99. The van der Waals surface area contributed by atoms with E-state index in [1.165, 1.54) is 11.2 Å². The normalized spacial score (nSPS) is 10.4. The summed E-state index contributed by atoms with van der Waals surface area (Å²) in [5.74, 6) is -0.989. The van der Waals surface area contributed by atoms with Crippen molar-refractivity contribution < 1.29 is 14.3 Å². The van der Waals surface area contributed by atoms with Crippen LogP contribution in [0.15, 0.2) is 35.4 Å². The summed E-state index contributed by atoms with van der Waals surface area (Å²) in [5, 5.41) is 0.428. The molecule has 0 aliphatic heterocycles. The Balaban J connectivity index is 2.10. The number of aromatic nitrogens is 2. The van der Waals surface area contributed by atoms with Crippen molar-refractivity contribution in [3.63, 3.8) is 0 Å². The number of nitrogens with zero attached hydrogens (tertiary/aromatic N) is 3. The Morgan fingerprint density at radius 3 is 2.71 bits per heavy atom. The molecule has 0 N–H and O–H groups in total. The van der Waals surface area contributed by atoms with E-state index in [0.29, 0.717) is 10.9 Å². The molecule has 0 radical (unpaired) electrons. The van der Waals surface area contributed by atoms with Gasteiger partial charge in [-0.15, -0.1) is 0 Å². The minimum Gasteiger partial charge on any atom is -0.454 e. The van der Waals surface area contributed by atoms with Crippen LogP contribution in [0.5, 0.6) is 0 Å². The van der Waals surface area contributed by atoms with Crippen molar-refractivity contribution in [2.45, 2.75) is 6.54 Å². The van der Waals surface area contributed by atoms with Gasteiger partial charge in [-0.2, -0.15) is 0 Å². The molecule has 1 aromatic heterocycles. The summed E-state index contributed by atoms with van der Waals surface area (Å²) in [6.45, 7) is -0.626. The van der Waals surface area contributed by atoms with Gasteiger partial charge in [0.1, 0.15) is 6.54 Å². The van der Waals surface area contributed by atoms with Gasteiger partial charge in [0.2, 0.25) is 0 Å². The van der Waals surface area contributed by atoms with Gasteiger partial charge < -0.3 is 9.64 Å². The molecule has 0 atom stereocenters. The van der Waals surface area contributed by atoms with Crippen LogP contribution in [-0.4, -0.2) is 47.0 Å². The van der Waals surface area contributed by atoms with Crippen LogP contribution in [0.25, 0.3) is 10.9 Å². The smallest absolute Gasteiger partial charge is 0.326 e. The third-order valence-corrected chi connectivity index (χ3v) is 2.89. The number of likely N-dealkylation sites (N-methyl/N-ethyl adjacent to an activating group) is 1. The van der Waals surface area contributed by atoms with Crippen LogP contribution >= 0.6 is 0 Å². The largest absolute Gasteiger partial charge is 0.454 e. The molecule has 0 saturated heterocycles. The van der Waals surface area contributed by atoms with E-state index in [1.807, 2.05) is 0 Å². The van der Waals surface area contributed by atoms with E-state index in [2.05, 4.69) is 4.98 Å². The first-order valence-electron chi connectivity index (χ1n) is 6.29. The molecule has 0 bridgehead atoms. The van der Waals surface area contributed by atoms with Crippen LogP contribution in [-0.2, 0) is 20.9 Å². The first kappa shape index (κ1) is 14.7. The highest BCUT2D eigenvalue weighted by Crippen LogP contribution is 2.04. The van der Waals surface area contributed by atoms with Crippen molar-refractivity contribution in [3.8, 4) is 0 Å². The van der Waals surface area contributed by atoms with Gasteiger partial charge in [-0.1, -0.05) is 12.1 Å². The van der Waals surface area contributed by atoms with Crippen LogP contribution in [0, 0.1) is 0 Å². The Morgan fingerprint density at radius 2 is 2.00 bits per heavy atom. The molecule has 1 amide bonds. The molecule has 21 heavy (non-hydrogen) atoms. The summed E-state index contributed by atoms with van der Waals surface area (Å²) in [4.78, 5) is 40.5. The summed E-state index contributed by atoms with van der Waals surface area (Å²) >= 11 is 0. The second kappa shape index (κ2) is 6.17. The van der Waals surface area contributed by atoms with Crippen LogP contribution < -0.4 is 5.56 Å². The molecule has 7 nitrogen and oxygen atoms in total. The second-order valence-electron chi connectivity index (χ2n) is 4.64. The molecule has 7 heteroatoms. The summed E-state index contributed by atoms with van der Waals surface area (Å²) in [7, 11) is 3.13. The third-order valence-electron chi connectivity index (χ3n) is 2.89. The van der Waals surface area contributed by atoms with Gasteiger partial charge in [-0.05, 0) is 12.1 Å². The Labute approximate surface area is 120 Å². The molecule has 2 rings (SSSR count).